The Morgan fingerprint density at radius 2 is 2.00 bits per heavy atom. The molecule has 0 aliphatic heterocycles. The molecule has 2 heteroatoms. The molecule has 17 heavy (non-hydrogen) atoms. The van der Waals surface area contributed by atoms with Crippen LogP contribution in [-0.4, -0.2) is 4.98 Å². The van der Waals surface area contributed by atoms with E-state index in [1.54, 1.807) is 12.2 Å². The van der Waals surface area contributed by atoms with E-state index in [1.165, 1.54) is 32.1 Å². The fraction of sp³-hybridized carbons (Fsp3) is 0.533. The predicted octanol–water partition coefficient (Wildman–Crippen LogP) is 4.64. The Labute approximate surface area is 103 Å². The summed E-state index contributed by atoms with van der Waals surface area (Å²) in [4.78, 5) is 4.53. The molecule has 2 atom stereocenters. The molecule has 1 heterocycles. The van der Waals surface area contributed by atoms with E-state index in [2.05, 4.69) is 25.1 Å². The monoisotopic (exact) mass is 231 g/mol. The standard InChI is InChI=1S/C15H21NO/c1-4-13-14(5-2)17-15(16-13)12-8-6-7-11(3)9-10-12/h4-5,11-12H,1-2,6-10H2,3H3. The first-order chi connectivity index (χ1) is 8.24. The van der Waals surface area contributed by atoms with Crippen LogP contribution in [0, 0.1) is 5.92 Å². The fourth-order valence-corrected chi connectivity index (χ4v) is 2.56. The van der Waals surface area contributed by atoms with Crippen molar-refractivity contribution >= 4 is 12.2 Å². The Morgan fingerprint density at radius 3 is 2.65 bits per heavy atom. The van der Waals surface area contributed by atoms with Crippen LogP contribution < -0.4 is 0 Å². The third kappa shape index (κ3) is 2.68. The van der Waals surface area contributed by atoms with Gasteiger partial charge in [-0.05, 0) is 37.3 Å². The number of rotatable bonds is 3. The topological polar surface area (TPSA) is 26.0 Å². The van der Waals surface area contributed by atoms with Crippen LogP contribution in [-0.2, 0) is 0 Å². The smallest absolute Gasteiger partial charge is 0.198 e. The van der Waals surface area contributed by atoms with Gasteiger partial charge in [-0.1, -0.05) is 32.9 Å². The van der Waals surface area contributed by atoms with Gasteiger partial charge >= 0.3 is 0 Å². The van der Waals surface area contributed by atoms with E-state index in [0.717, 1.165) is 23.3 Å². The number of aromatic nitrogens is 1. The van der Waals surface area contributed by atoms with Gasteiger partial charge in [0, 0.05) is 5.92 Å². The highest BCUT2D eigenvalue weighted by molar-refractivity contribution is 5.55. The van der Waals surface area contributed by atoms with Crippen molar-refractivity contribution in [2.75, 3.05) is 0 Å². The van der Waals surface area contributed by atoms with Crippen molar-refractivity contribution in [2.24, 2.45) is 5.92 Å². The maximum Gasteiger partial charge on any atom is 0.198 e. The van der Waals surface area contributed by atoms with E-state index in [4.69, 9.17) is 4.42 Å². The molecular weight excluding hydrogens is 210 g/mol. The van der Waals surface area contributed by atoms with Crippen LogP contribution in [0.3, 0.4) is 0 Å². The summed E-state index contributed by atoms with van der Waals surface area (Å²) in [6.07, 6.45) is 9.73. The first-order valence-electron chi connectivity index (χ1n) is 6.50. The second-order valence-corrected chi connectivity index (χ2v) is 5.02. The Balaban J connectivity index is 2.18. The minimum absolute atomic E-state index is 0.479. The SMILES string of the molecule is C=Cc1nc(C2CCCC(C)CC2)oc1C=C. The fourth-order valence-electron chi connectivity index (χ4n) is 2.56. The van der Waals surface area contributed by atoms with Gasteiger partial charge in [-0.25, -0.2) is 4.98 Å². The maximum atomic E-state index is 5.78. The van der Waals surface area contributed by atoms with Gasteiger partial charge in [-0.3, -0.25) is 0 Å². The Bertz CT molecular complexity index is 380. The van der Waals surface area contributed by atoms with E-state index in [9.17, 15) is 0 Å². The zero-order valence-corrected chi connectivity index (χ0v) is 10.6. The minimum Gasteiger partial charge on any atom is -0.440 e. The lowest BCUT2D eigenvalue weighted by Gasteiger charge is -2.09. The van der Waals surface area contributed by atoms with Gasteiger partial charge in [0.15, 0.2) is 11.7 Å². The molecule has 1 aromatic heterocycles. The normalized spacial score (nSPS) is 25.2. The Hall–Kier alpha value is -1.31. The number of hydrogen-bond donors (Lipinski definition) is 0. The summed E-state index contributed by atoms with van der Waals surface area (Å²) in [5.74, 6) is 2.95. The molecule has 2 nitrogen and oxygen atoms in total. The number of oxazole rings is 1. The van der Waals surface area contributed by atoms with Gasteiger partial charge < -0.3 is 4.42 Å². The highest BCUT2D eigenvalue weighted by Gasteiger charge is 2.22. The van der Waals surface area contributed by atoms with E-state index < -0.39 is 0 Å². The van der Waals surface area contributed by atoms with Crippen LogP contribution in [0.4, 0.5) is 0 Å². The zero-order chi connectivity index (χ0) is 12.3. The molecule has 2 unspecified atom stereocenters. The first kappa shape index (κ1) is 12.2. The van der Waals surface area contributed by atoms with E-state index in [1.807, 2.05) is 0 Å². The van der Waals surface area contributed by atoms with Gasteiger partial charge in [0.05, 0.1) is 0 Å². The molecule has 92 valence electrons. The molecule has 0 N–H and O–H groups in total. The van der Waals surface area contributed by atoms with Crippen LogP contribution in [0.1, 0.15) is 62.3 Å². The Morgan fingerprint density at radius 1 is 1.18 bits per heavy atom. The molecule has 0 amide bonds. The molecule has 1 aliphatic carbocycles. The molecule has 0 bridgehead atoms. The predicted molar refractivity (Wildman–Crippen MR) is 71.7 cm³/mol. The lowest BCUT2D eigenvalue weighted by molar-refractivity contribution is 0.411. The molecule has 0 radical (unpaired) electrons. The van der Waals surface area contributed by atoms with Gasteiger partial charge in [0.2, 0.25) is 0 Å². The molecule has 1 aliphatic rings. The molecule has 0 aromatic carbocycles. The summed E-state index contributed by atoms with van der Waals surface area (Å²) >= 11 is 0. The first-order valence-corrected chi connectivity index (χ1v) is 6.50. The van der Waals surface area contributed by atoms with Crippen molar-refractivity contribution in [2.45, 2.75) is 44.9 Å². The molecular formula is C15H21NO. The highest BCUT2D eigenvalue weighted by atomic mass is 16.4. The molecule has 0 spiro atoms. The van der Waals surface area contributed by atoms with Crippen LogP contribution in [0.25, 0.3) is 12.2 Å². The third-order valence-corrected chi connectivity index (χ3v) is 3.68. The summed E-state index contributed by atoms with van der Waals surface area (Å²) in [6, 6.07) is 0. The van der Waals surface area contributed by atoms with E-state index >= 15 is 0 Å². The zero-order valence-electron chi connectivity index (χ0n) is 10.6. The van der Waals surface area contributed by atoms with Crippen molar-refractivity contribution in [1.29, 1.82) is 0 Å². The summed E-state index contributed by atoms with van der Waals surface area (Å²) in [5.41, 5.74) is 0.826. The van der Waals surface area contributed by atoms with Crippen molar-refractivity contribution in [3.05, 3.63) is 30.5 Å². The summed E-state index contributed by atoms with van der Waals surface area (Å²) in [6.45, 7) is 9.84. The lowest BCUT2D eigenvalue weighted by Crippen LogP contribution is -1.98. The minimum atomic E-state index is 0.479. The second kappa shape index (κ2) is 5.35. The van der Waals surface area contributed by atoms with E-state index in [0.29, 0.717) is 5.92 Å². The van der Waals surface area contributed by atoms with Crippen LogP contribution in [0.2, 0.25) is 0 Å². The summed E-state index contributed by atoms with van der Waals surface area (Å²) in [7, 11) is 0. The molecule has 1 fully saturated rings. The largest absolute Gasteiger partial charge is 0.440 e. The van der Waals surface area contributed by atoms with Crippen molar-refractivity contribution < 1.29 is 4.42 Å². The van der Waals surface area contributed by atoms with Gasteiger partial charge in [0.1, 0.15) is 5.69 Å². The number of hydrogen-bond acceptors (Lipinski definition) is 2. The van der Waals surface area contributed by atoms with Crippen LogP contribution in [0.15, 0.2) is 17.6 Å². The molecule has 1 saturated carbocycles. The molecule has 2 rings (SSSR count). The van der Waals surface area contributed by atoms with Crippen molar-refractivity contribution in [3.63, 3.8) is 0 Å². The second-order valence-electron chi connectivity index (χ2n) is 5.02. The maximum absolute atomic E-state index is 5.78. The van der Waals surface area contributed by atoms with E-state index in [-0.39, 0.29) is 0 Å². The number of nitrogens with zero attached hydrogens (tertiary/aromatic N) is 1. The summed E-state index contributed by atoms with van der Waals surface area (Å²) < 4.78 is 5.78. The van der Waals surface area contributed by atoms with Gasteiger partial charge in [-0.15, -0.1) is 0 Å². The van der Waals surface area contributed by atoms with Crippen molar-refractivity contribution in [3.8, 4) is 0 Å². The van der Waals surface area contributed by atoms with Crippen LogP contribution >= 0.6 is 0 Å². The molecule has 0 saturated heterocycles. The lowest BCUT2D eigenvalue weighted by atomic mass is 9.99. The third-order valence-electron chi connectivity index (χ3n) is 3.68. The summed E-state index contributed by atoms with van der Waals surface area (Å²) in [5, 5.41) is 0. The van der Waals surface area contributed by atoms with Crippen molar-refractivity contribution in [1.82, 2.24) is 4.98 Å². The molecule has 1 aromatic rings. The van der Waals surface area contributed by atoms with Gasteiger partial charge in [0.25, 0.3) is 0 Å². The van der Waals surface area contributed by atoms with Gasteiger partial charge in [-0.2, -0.15) is 0 Å². The highest BCUT2D eigenvalue weighted by Crippen LogP contribution is 2.34. The average molecular weight is 231 g/mol. The average Bonchev–Trinajstić information content (AvgIpc) is 2.64. The Kier molecular flexibility index (Phi) is 3.82. The quantitative estimate of drug-likeness (QED) is 0.708. The van der Waals surface area contributed by atoms with Crippen LogP contribution in [0.5, 0.6) is 0 Å².